The van der Waals surface area contributed by atoms with Crippen molar-refractivity contribution in [3.63, 3.8) is 0 Å². The molecule has 0 radical (unpaired) electrons. The van der Waals surface area contributed by atoms with Crippen molar-refractivity contribution in [2.24, 2.45) is 0 Å². The van der Waals surface area contributed by atoms with Crippen LogP contribution in [0.2, 0.25) is 0 Å². The van der Waals surface area contributed by atoms with Gasteiger partial charge in [0.05, 0.1) is 25.9 Å². The summed E-state index contributed by atoms with van der Waals surface area (Å²) < 4.78 is 10.4. The first kappa shape index (κ1) is 16.5. The molecule has 2 N–H and O–H groups in total. The molecule has 5 nitrogen and oxygen atoms in total. The van der Waals surface area contributed by atoms with Crippen LogP contribution in [0, 0.1) is 6.92 Å². The second kappa shape index (κ2) is 9.34. The number of hydrogen-bond donors (Lipinski definition) is 2. The maximum Gasteiger partial charge on any atom is 0.220 e. The fourth-order valence-electron chi connectivity index (χ4n) is 1.70. The summed E-state index contributed by atoms with van der Waals surface area (Å²) in [6.45, 7) is 2.69. The van der Waals surface area contributed by atoms with E-state index in [1.807, 2.05) is 31.2 Å². The number of aryl methyl sites for hydroxylation is 1. The van der Waals surface area contributed by atoms with Gasteiger partial charge in [0.2, 0.25) is 5.91 Å². The van der Waals surface area contributed by atoms with Crippen molar-refractivity contribution in [1.29, 1.82) is 0 Å². The van der Waals surface area contributed by atoms with Crippen LogP contribution < -0.4 is 10.1 Å². The van der Waals surface area contributed by atoms with Gasteiger partial charge in [0, 0.05) is 13.5 Å². The maximum absolute atomic E-state index is 11.6. The van der Waals surface area contributed by atoms with E-state index in [-0.39, 0.29) is 18.6 Å². The topological polar surface area (TPSA) is 67.8 Å². The van der Waals surface area contributed by atoms with Crippen LogP contribution in [-0.2, 0) is 9.53 Å². The minimum atomic E-state index is -0.342. The number of ether oxygens (including phenoxy) is 2. The summed E-state index contributed by atoms with van der Waals surface area (Å²) in [5.74, 6) is 0.706. The number of aliphatic hydroxyl groups is 1. The Kier molecular flexibility index (Phi) is 7.69. The largest absolute Gasteiger partial charge is 0.494 e. The van der Waals surface area contributed by atoms with Gasteiger partial charge < -0.3 is 19.9 Å². The zero-order valence-electron chi connectivity index (χ0n) is 12.1. The molecule has 0 saturated heterocycles. The molecular weight excluding hydrogens is 258 g/mol. The molecule has 0 aromatic heterocycles. The van der Waals surface area contributed by atoms with Crippen LogP contribution in [-0.4, -0.2) is 44.0 Å². The van der Waals surface area contributed by atoms with Crippen LogP contribution >= 0.6 is 0 Å². The van der Waals surface area contributed by atoms with Gasteiger partial charge in [-0.2, -0.15) is 0 Å². The molecule has 0 aliphatic carbocycles. The molecule has 1 aromatic rings. The molecule has 0 fully saturated rings. The number of rotatable bonds is 9. The molecular formula is C15H23NO4. The van der Waals surface area contributed by atoms with E-state index in [4.69, 9.17) is 14.6 Å². The molecule has 0 aliphatic rings. The summed E-state index contributed by atoms with van der Waals surface area (Å²) >= 11 is 0. The Hall–Kier alpha value is -1.59. The van der Waals surface area contributed by atoms with Crippen LogP contribution in [0.4, 0.5) is 0 Å². The highest BCUT2D eigenvalue weighted by molar-refractivity contribution is 5.76. The predicted molar refractivity (Wildman–Crippen MR) is 76.8 cm³/mol. The Bertz CT molecular complexity index is 391. The Morgan fingerprint density at radius 3 is 2.65 bits per heavy atom. The van der Waals surface area contributed by atoms with Crippen molar-refractivity contribution in [2.75, 3.05) is 26.9 Å². The molecule has 20 heavy (non-hydrogen) atoms. The first-order valence-electron chi connectivity index (χ1n) is 6.74. The maximum atomic E-state index is 11.6. The number of benzene rings is 1. The first-order valence-corrected chi connectivity index (χ1v) is 6.74. The van der Waals surface area contributed by atoms with Crippen LogP contribution in [0.3, 0.4) is 0 Å². The number of aliphatic hydroxyl groups excluding tert-OH is 1. The lowest BCUT2D eigenvalue weighted by molar-refractivity contribution is -0.122. The summed E-state index contributed by atoms with van der Waals surface area (Å²) in [6.07, 6.45) is 0.997. The summed E-state index contributed by atoms with van der Waals surface area (Å²) in [7, 11) is 1.53. The summed E-state index contributed by atoms with van der Waals surface area (Å²) in [5.41, 5.74) is 1.19. The third-order valence-corrected chi connectivity index (χ3v) is 2.79. The van der Waals surface area contributed by atoms with Crippen molar-refractivity contribution in [3.05, 3.63) is 29.8 Å². The minimum absolute atomic E-state index is 0.103. The number of amides is 1. The van der Waals surface area contributed by atoms with Crippen molar-refractivity contribution in [1.82, 2.24) is 5.32 Å². The normalized spacial score (nSPS) is 11.9. The lowest BCUT2D eigenvalue weighted by Crippen LogP contribution is -2.40. The standard InChI is InChI=1S/C15H23NO4/c1-12-5-7-14(8-6-12)20-9-3-4-15(18)16-13(10-17)11-19-2/h5-8,13,17H,3-4,9-11H2,1-2H3,(H,16,18). The van der Waals surface area contributed by atoms with E-state index < -0.39 is 0 Å². The zero-order chi connectivity index (χ0) is 14.8. The van der Waals surface area contributed by atoms with Gasteiger partial charge in [0.1, 0.15) is 5.75 Å². The average Bonchev–Trinajstić information content (AvgIpc) is 2.45. The van der Waals surface area contributed by atoms with E-state index >= 15 is 0 Å². The van der Waals surface area contributed by atoms with Crippen molar-refractivity contribution < 1.29 is 19.4 Å². The molecule has 5 heteroatoms. The fraction of sp³-hybridized carbons (Fsp3) is 0.533. The van der Waals surface area contributed by atoms with Crippen molar-refractivity contribution in [2.45, 2.75) is 25.8 Å². The second-order valence-corrected chi connectivity index (χ2v) is 4.67. The number of methoxy groups -OCH3 is 1. The van der Waals surface area contributed by atoms with Gasteiger partial charge >= 0.3 is 0 Å². The third-order valence-electron chi connectivity index (χ3n) is 2.79. The molecule has 0 aliphatic heterocycles. The SMILES string of the molecule is COCC(CO)NC(=O)CCCOc1ccc(C)cc1. The number of hydrogen-bond acceptors (Lipinski definition) is 4. The smallest absolute Gasteiger partial charge is 0.220 e. The van der Waals surface area contributed by atoms with E-state index in [1.54, 1.807) is 0 Å². The Morgan fingerprint density at radius 1 is 1.35 bits per heavy atom. The Morgan fingerprint density at radius 2 is 2.05 bits per heavy atom. The van der Waals surface area contributed by atoms with Crippen molar-refractivity contribution in [3.8, 4) is 5.75 Å². The zero-order valence-corrected chi connectivity index (χ0v) is 12.1. The summed E-state index contributed by atoms with van der Waals surface area (Å²) in [5, 5.41) is 11.7. The average molecular weight is 281 g/mol. The van der Waals surface area contributed by atoms with E-state index in [9.17, 15) is 4.79 Å². The highest BCUT2D eigenvalue weighted by Gasteiger charge is 2.10. The van der Waals surface area contributed by atoms with Crippen LogP contribution in [0.1, 0.15) is 18.4 Å². The first-order chi connectivity index (χ1) is 9.65. The molecule has 1 rings (SSSR count). The lowest BCUT2D eigenvalue weighted by atomic mass is 10.2. The Balaban J connectivity index is 2.17. The molecule has 0 bridgehead atoms. The van der Waals surface area contributed by atoms with Crippen molar-refractivity contribution >= 4 is 5.91 Å². The van der Waals surface area contributed by atoms with Crippen LogP contribution in [0.5, 0.6) is 5.75 Å². The quantitative estimate of drug-likeness (QED) is 0.669. The van der Waals surface area contributed by atoms with Gasteiger partial charge in [-0.05, 0) is 25.5 Å². The minimum Gasteiger partial charge on any atom is -0.494 e. The number of nitrogens with one attached hydrogen (secondary N) is 1. The molecule has 1 atom stereocenters. The Labute approximate surface area is 119 Å². The molecule has 0 heterocycles. The molecule has 1 aromatic carbocycles. The predicted octanol–water partition coefficient (Wildman–Crippen LogP) is 1.28. The van der Waals surface area contributed by atoms with Crippen LogP contribution in [0.25, 0.3) is 0 Å². The molecule has 0 spiro atoms. The highest BCUT2D eigenvalue weighted by atomic mass is 16.5. The van der Waals surface area contributed by atoms with Gasteiger partial charge in [-0.15, -0.1) is 0 Å². The van der Waals surface area contributed by atoms with Gasteiger partial charge in [0.15, 0.2) is 0 Å². The number of carbonyl (C=O) groups is 1. The molecule has 1 unspecified atom stereocenters. The third kappa shape index (κ3) is 6.54. The summed E-state index contributed by atoms with van der Waals surface area (Å²) in [4.78, 5) is 11.6. The highest BCUT2D eigenvalue weighted by Crippen LogP contribution is 2.11. The van der Waals surface area contributed by atoms with Gasteiger partial charge in [-0.1, -0.05) is 17.7 Å². The van der Waals surface area contributed by atoms with Crippen LogP contribution in [0.15, 0.2) is 24.3 Å². The summed E-state index contributed by atoms with van der Waals surface area (Å²) in [6, 6.07) is 7.45. The number of carbonyl (C=O) groups excluding carboxylic acids is 1. The lowest BCUT2D eigenvalue weighted by Gasteiger charge is -2.15. The van der Waals surface area contributed by atoms with Gasteiger partial charge in [-0.3, -0.25) is 4.79 Å². The van der Waals surface area contributed by atoms with Gasteiger partial charge in [-0.25, -0.2) is 0 Å². The van der Waals surface area contributed by atoms with E-state index in [0.717, 1.165) is 5.75 Å². The van der Waals surface area contributed by atoms with E-state index in [0.29, 0.717) is 26.1 Å². The second-order valence-electron chi connectivity index (χ2n) is 4.67. The van der Waals surface area contributed by atoms with E-state index in [2.05, 4.69) is 5.32 Å². The molecule has 1 amide bonds. The van der Waals surface area contributed by atoms with Gasteiger partial charge in [0.25, 0.3) is 0 Å². The van der Waals surface area contributed by atoms with E-state index in [1.165, 1.54) is 12.7 Å². The molecule has 0 saturated carbocycles. The molecule has 112 valence electrons. The monoisotopic (exact) mass is 281 g/mol. The fourth-order valence-corrected chi connectivity index (χ4v) is 1.70.